The van der Waals surface area contributed by atoms with Crippen molar-refractivity contribution in [2.45, 2.75) is 0 Å². The summed E-state index contributed by atoms with van der Waals surface area (Å²) in [4.78, 5) is 22.4. The highest BCUT2D eigenvalue weighted by Crippen LogP contribution is 2.29. The van der Waals surface area contributed by atoms with Crippen molar-refractivity contribution >= 4 is 29.1 Å². The number of hydrogen-bond acceptors (Lipinski definition) is 4. The molecule has 0 bridgehead atoms. The monoisotopic (exact) mass is 341 g/mol. The lowest BCUT2D eigenvalue weighted by molar-refractivity contribution is -0.384. The Balaban J connectivity index is 1.80. The van der Waals surface area contributed by atoms with Crippen molar-refractivity contribution in [2.75, 3.05) is 6.61 Å². The molecule has 1 aliphatic rings. The molecule has 0 saturated carbocycles. The minimum absolute atomic E-state index is 0.113. The van der Waals surface area contributed by atoms with Crippen LogP contribution in [0.4, 0.5) is 5.69 Å². The third-order valence-electron chi connectivity index (χ3n) is 3.50. The van der Waals surface area contributed by atoms with Gasteiger partial charge in [-0.25, -0.2) is 0 Å². The molecule has 120 valence electrons. The van der Waals surface area contributed by atoms with Gasteiger partial charge in [-0.3, -0.25) is 14.9 Å². The summed E-state index contributed by atoms with van der Waals surface area (Å²) in [6.07, 6.45) is 4.91. The SMILES string of the molecule is O=C(C=CC1=Cc2cc(Cl)ccc2OC1)c1cccc([N+](=O)[O-])c1. The fourth-order valence-corrected chi connectivity index (χ4v) is 2.49. The zero-order valence-corrected chi connectivity index (χ0v) is 13.2. The maximum absolute atomic E-state index is 12.2. The van der Waals surface area contributed by atoms with Crippen LogP contribution >= 0.6 is 11.6 Å². The molecule has 1 heterocycles. The molecule has 0 N–H and O–H groups in total. The number of benzene rings is 2. The number of allylic oxidation sites excluding steroid dienone is 1. The predicted octanol–water partition coefficient (Wildman–Crippen LogP) is 4.46. The van der Waals surface area contributed by atoms with Crippen LogP contribution in [0.2, 0.25) is 5.02 Å². The Morgan fingerprint density at radius 3 is 2.88 bits per heavy atom. The molecular formula is C18H12ClNO4. The third kappa shape index (κ3) is 3.52. The lowest BCUT2D eigenvalue weighted by atomic mass is 10.1. The maximum atomic E-state index is 12.2. The number of ether oxygens (including phenoxy) is 1. The number of hydrogen-bond donors (Lipinski definition) is 0. The Bertz CT molecular complexity index is 886. The number of halogens is 1. The van der Waals surface area contributed by atoms with Crippen LogP contribution in [0, 0.1) is 10.1 Å². The second kappa shape index (κ2) is 6.68. The fraction of sp³-hybridized carbons (Fsp3) is 0.0556. The molecular weight excluding hydrogens is 330 g/mol. The number of ketones is 1. The highest BCUT2D eigenvalue weighted by atomic mass is 35.5. The topological polar surface area (TPSA) is 69.4 Å². The number of nitrogens with zero attached hydrogens (tertiary/aromatic N) is 1. The van der Waals surface area contributed by atoms with E-state index in [9.17, 15) is 14.9 Å². The van der Waals surface area contributed by atoms with Crippen molar-refractivity contribution < 1.29 is 14.5 Å². The molecule has 0 aromatic heterocycles. The first-order valence-electron chi connectivity index (χ1n) is 7.13. The van der Waals surface area contributed by atoms with Gasteiger partial charge in [-0.15, -0.1) is 0 Å². The molecule has 5 nitrogen and oxygen atoms in total. The van der Waals surface area contributed by atoms with Crippen LogP contribution in [0.15, 0.2) is 60.2 Å². The molecule has 2 aromatic rings. The summed E-state index contributed by atoms with van der Waals surface area (Å²) in [5.41, 5.74) is 1.80. The molecule has 0 atom stereocenters. The Kier molecular flexibility index (Phi) is 4.44. The van der Waals surface area contributed by atoms with E-state index in [4.69, 9.17) is 16.3 Å². The van der Waals surface area contributed by atoms with E-state index >= 15 is 0 Å². The molecule has 1 aliphatic heterocycles. The Morgan fingerprint density at radius 1 is 1.25 bits per heavy atom. The summed E-state index contributed by atoms with van der Waals surface area (Å²) in [6, 6.07) is 11.0. The van der Waals surface area contributed by atoms with Crippen LogP contribution in [0.5, 0.6) is 5.75 Å². The summed E-state index contributed by atoms with van der Waals surface area (Å²) in [7, 11) is 0. The van der Waals surface area contributed by atoms with Crippen LogP contribution < -0.4 is 4.74 Å². The molecule has 6 heteroatoms. The second-order valence-corrected chi connectivity index (χ2v) is 5.63. The number of carbonyl (C=O) groups excluding carboxylic acids is 1. The van der Waals surface area contributed by atoms with Crippen molar-refractivity contribution in [3.05, 3.63) is 86.5 Å². The molecule has 0 amide bonds. The smallest absolute Gasteiger partial charge is 0.270 e. The zero-order chi connectivity index (χ0) is 17.1. The average molecular weight is 342 g/mol. The molecule has 0 radical (unpaired) electrons. The van der Waals surface area contributed by atoms with Crippen LogP contribution in [0.25, 0.3) is 6.08 Å². The molecule has 0 saturated heterocycles. The molecule has 2 aromatic carbocycles. The second-order valence-electron chi connectivity index (χ2n) is 5.20. The lowest BCUT2D eigenvalue weighted by Gasteiger charge is -2.16. The first-order chi connectivity index (χ1) is 11.5. The molecule has 0 fully saturated rings. The standard InChI is InChI=1S/C18H12ClNO4/c19-15-5-7-18-14(9-15)8-12(11-24-18)4-6-17(21)13-2-1-3-16(10-13)20(22)23/h1-10H,11H2. The summed E-state index contributed by atoms with van der Waals surface area (Å²) in [6.45, 7) is 0.341. The minimum atomic E-state index is -0.529. The average Bonchev–Trinajstić information content (AvgIpc) is 2.59. The highest BCUT2D eigenvalue weighted by molar-refractivity contribution is 6.30. The van der Waals surface area contributed by atoms with Gasteiger partial charge < -0.3 is 4.74 Å². The third-order valence-corrected chi connectivity index (χ3v) is 3.73. The summed E-state index contributed by atoms with van der Waals surface area (Å²) in [5, 5.41) is 11.4. The first kappa shape index (κ1) is 16.0. The lowest BCUT2D eigenvalue weighted by Crippen LogP contribution is -2.06. The van der Waals surface area contributed by atoms with Gasteiger partial charge in [0.15, 0.2) is 5.78 Å². The predicted molar refractivity (Wildman–Crippen MR) is 91.5 cm³/mol. The van der Waals surface area contributed by atoms with Crippen molar-refractivity contribution in [2.24, 2.45) is 0 Å². The molecule has 24 heavy (non-hydrogen) atoms. The van der Waals surface area contributed by atoms with E-state index in [1.165, 1.54) is 24.3 Å². The number of non-ortho nitro benzene ring substituents is 1. The molecule has 3 rings (SSSR count). The van der Waals surface area contributed by atoms with E-state index in [1.807, 2.05) is 6.08 Å². The number of nitro benzene ring substituents is 1. The van der Waals surface area contributed by atoms with E-state index in [0.717, 1.165) is 16.9 Å². The van der Waals surface area contributed by atoms with Crippen LogP contribution in [-0.4, -0.2) is 17.3 Å². The highest BCUT2D eigenvalue weighted by Gasteiger charge is 2.12. The number of fused-ring (bicyclic) bond motifs is 1. The Morgan fingerprint density at radius 2 is 2.08 bits per heavy atom. The van der Waals surface area contributed by atoms with E-state index in [-0.39, 0.29) is 17.0 Å². The molecule has 0 aliphatic carbocycles. The van der Waals surface area contributed by atoms with Crippen molar-refractivity contribution in [1.29, 1.82) is 0 Å². The van der Waals surface area contributed by atoms with Crippen LogP contribution in [0.3, 0.4) is 0 Å². The molecule has 0 spiro atoms. The van der Waals surface area contributed by atoms with Gasteiger partial charge in [0, 0.05) is 28.3 Å². The number of rotatable bonds is 4. The van der Waals surface area contributed by atoms with Gasteiger partial charge in [0.05, 0.1) is 4.92 Å². The zero-order valence-electron chi connectivity index (χ0n) is 12.4. The largest absolute Gasteiger partial charge is 0.488 e. The normalized spacial score (nSPS) is 13.1. The van der Waals surface area contributed by atoms with Gasteiger partial charge in [-0.1, -0.05) is 29.8 Å². The Hall–Kier alpha value is -2.92. The minimum Gasteiger partial charge on any atom is -0.488 e. The van der Waals surface area contributed by atoms with Gasteiger partial charge >= 0.3 is 0 Å². The fourth-order valence-electron chi connectivity index (χ4n) is 2.31. The number of nitro groups is 1. The maximum Gasteiger partial charge on any atom is 0.270 e. The van der Waals surface area contributed by atoms with E-state index in [1.54, 1.807) is 30.3 Å². The summed E-state index contributed by atoms with van der Waals surface area (Å²) < 4.78 is 5.60. The van der Waals surface area contributed by atoms with E-state index in [0.29, 0.717) is 11.6 Å². The van der Waals surface area contributed by atoms with Gasteiger partial charge in [-0.05, 0) is 35.9 Å². The van der Waals surface area contributed by atoms with Crippen LogP contribution in [0.1, 0.15) is 15.9 Å². The van der Waals surface area contributed by atoms with Crippen molar-refractivity contribution in [3.63, 3.8) is 0 Å². The molecule has 0 unspecified atom stereocenters. The summed E-state index contributed by atoms with van der Waals surface area (Å²) >= 11 is 5.96. The van der Waals surface area contributed by atoms with Gasteiger partial charge in [-0.2, -0.15) is 0 Å². The van der Waals surface area contributed by atoms with E-state index in [2.05, 4.69) is 0 Å². The quantitative estimate of drug-likeness (QED) is 0.356. The van der Waals surface area contributed by atoms with Gasteiger partial charge in [0.25, 0.3) is 5.69 Å². The van der Waals surface area contributed by atoms with Gasteiger partial charge in [0.1, 0.15) is 12.4 Å². The first-order valence-corrected chi connectivity index (χ1v) is 7.50. The summed E-state index contributed by atoms with van der Waals surface area (Å²) in [5.74, 6) is 0.429. The Labute approximate surface area is 143 Å². The number of carbonyl (C=O) groups is 1. The van der Waals surface area contributed by atoms with Gasteiger partial charge in [0.2, 0.25) is 0 Å². The van der Waals surface area contributed by atoms with E-state index < -0.39 is 4.92 Å². The van der Waals surface area contributed by atoms with Crippen molar-refractivity contribution in [3.8, 4) is 5.75 Å². The van der Waals surface area contributed by atoms with Crippen LogP contribution in [-0.2, 0) is 0 Å². The van der Waals surface area contributed by atoms with Crippen molar-refractivity contribution in [1.82, 2.24) is 0 Å².